The van der Waals surface area contributed by atoms with E-state index in [0.717, 1.165) is 51.4 Å². The van der Waals surface area contributed by atoms with Gasteiger partial charge in [0.05, 0.1) is 29.1 Å². The molecule has 0 radical (unpaired) electrons. The molecule has 0 fully saturated rings. The molecule has 0 aromatic heterocycles. The summed E-state index contributed by atoms with van der Waals surface area (Å²) in [5, 5.41) is 0. The average Bonchev–Trinajstić information content (AvgIpc) is 2.66. The van der Waals surface area contributed by atoms with Crippen LogP contribution in [0.2, 0.25) is 0 Å². The fourth-order valence-corrected chi connectivity index (χ4v) is 5.04. The number of halogens is 1. The van der Waals surface area contributed by atoms with Crippen LogP contribution in [0.15, 0.2) is 0 Å². The maximum Gasteiger partial charge on any atom is 1.00 e. The smallest absolute Gasteiger partial charge is 0.748 e. The molecular formula is C20H36INaO7S. The first-order valence-corrected chi connectivity index (χ1v) is 13.2. The Morgan fingerprint density at radius 1 is 0.900 bits per heavy atom. The first-order chi connectivity index (χ1) is 13.5. The molecule has 0 aromatic rings. The number of unbranched alkanes of at least 4 members (excludes halogenated alkanes) is 2. The van der Waals surface area contributed by atoms with Crippen LogP contribution in [0, 0.1) is 11.8 Å². The van der Waals surface area contributed by atoms with Gasteiger partial charge in [-0.15, -0.1) is 0 Å². The van der Waals surface area contributed by atoms with Crippen LogP contribution < -0.4 is 29.6 Å². The van der Waals surface area contributed by atoms with Crippen molar-refractivity contribution in [2.75, 3.05) is 19.0 Å². The molecule has 172 valence electrons. The topological polar surface area (TPSA) is 110 Å². The van der Waals surface area contributed by atoms with Crippen LogP contribution in [-0.2, 0) is 29.2 Å². The minimum absolute atomic E-state index is 0. The van der Waals surface area contributed by atoms with E-state index in [-0.39, 0.29) is 54.6 Å². The molecule has 0 spiro atoms. The van der Waals surface area contributed by atoms with Crippen molar-refractivity contribution in [2.24, 2.45) is 11.8 Å². The Morgan fingerprint density at radius 2 is 1.27 bits per heavy atom. The first-order valence-electron chi connectivity index (χ1n) is 10.5. The summed E-state index contributed by atoms with van der Waals surface area (Å²) in [5.41, 5.74) is 0. The SMILES string of the molecule is CCCCC(CC)COC(=O)C(I)(CS(=O)(=O)[O-])C(=O)OCC(CC)CCCC.[Na+]. The maximum atomic E-state index is 12.6. The molecular weight excluding hydrogens is 534 g/mol. The fraction of sp³-hybridized carbons (Fsp3) is 0.900. The molecule has 7 nitrogen and oxygen atoms in total. The minimum atomic E-state index is -4.85. The Balaban J connectivity index is 0. The summed E-state index contributed by atoms with van der Waals surface area (Å²) in [6.45, 7) is 8.24. The van der Waals surface area contributed by atoms with Gasteiger partial charge in [0.1, 0.15) is 0 Å². The molecule has 0 aliphatic rings. The summed E-state index contributed by atoms with van der Waals surface area (Å²) >= 11 is 1.40. The second-order valence-corrected chi connectivity index (χ2v) is 10.8. The average molecular weight is 570 g/mol. The van der Waals surface area contributed by atoms with Crippen molar-refractivity contribution < 1.29 is 61.6 Å². The summed E-state index contributed by atoms with van der Waals surface area (Å²) in [5.74, 6) is -3.00. The third-order valence-electron chi connectivity index (χ3n) is 5.01. The van der Waals surface area contributed by atoms with Gasteiger partial charge in [-0.3, -0.25) is 0 Å². The third-order valence-corrected chi connectivity index (χ3v) is 7.58. The second kappa shape index (κ2) is 17.1. The van der Waals surface area contributed by atoms with Gasteiger partial charge in [-0.2, -0.15) is 0 Å². The molecule has 0 aromatic carbocycles. The van der Waals surface area contributed by atoms with Crippen LogP contribution >= 0.6 is 22.6 Å². The van der Waals surface area contributed by atoms with Gasteiger partial charge in [-0.05, 0) is 24.7 Å². The Bertz CT molecular complexity index is 566. The van der Waals surface area contributed by atoms with Gasteiger partial charge in [0.25, 0.3) is 0 Å². The molecule has 0 aliphatic heterocycles. The molecule has 0 rings (SSSR count). The number of carbonyl (C=O) groups excluding carboxylic acids is 2. The molecule has 2 atom stereocenters. The van der Waals surface area contributed by atoms with Crippen LogP contribution in [0.4, 0.5) is 0 Å². The van der Waals surface area contributed by atoms with E-state index < -0.39 is 31.2 Å². The maximum absolute atomic E-state index is 12.6. The summed E-state index contributed by atoms with van der Waals surface area (Å²) in [7, 11) is -4.85. The van der Waals surface area contributed by atoms with Gasteiger partial charge in [0, 0.05) is 0 Å². The predicted molar refractivity (Wildman–Crippen MR) is 120 cm³/mol. The largest absolute Gasteiger partial charge is 1.00 e. The van der Waals surface area contributed by atoms with Crippen molar-refractivity contribution in [3.63, 3.8) is 0 Å². The minimum Gasteiger partial charge on any atom is -0.748 e. The van der Waals surface area contributed by atoms with Gasteiger partial charge in [-0.1, -0.05) is 88.8 Å². The van der Waals surface area contributed by atoms with Crippen LogP contribution in [0.25, 0.3) is 0 Å². The van der Waals surface area contributed by atoms with Gasteiger partial charge in [0.2, 0.25) is 3.42 Å². The molecule has 0 amide bonds. The van der Waals surface area contributed by atoms with Crippen molar-refractivity contribution in [3.8, 4) is 0 Å². The molecule has 0 N–H and O–H groups in total. The summed E-state index contributed by atoms with van der Waals surface area (Å²) in [4.78, 5) is 25.3. The van der Waals surface area contributed by atoms with E-state index in [1.54, 1.807) is 0 Å². The monoisotopic (exact) mass is 570 g/mol. The van der Waals surface area contributed by atoms with E-state index in [4.69, 9.17) is 9.47 Å². The Morgan fingerprint density at radius 3 is 1.53 bits per heavy atom. The second-order valence-electron chi connectivity index (χ2n) is 7.53. The van der Waals surface area contributed by atoms with Crippen molar-refractivity contribution in [1.82, 2.24) is 0 Å². The third kappa shape index (κ3) is 13.2. The van der Waals surface area contributed by atoms with Gasteiger partial charge in [0.15, 0.2) is 0 Å². The Hall–Kier alpha value is 0.580. The molecule has 0 saturated carbocycles. The van der Waals surface area contributed by atoms with Crippen LogP contribution in [0.3, 0.4) is 0 Å². The molecule has 0 heterocycles. The van der Waals surface area contributed by atoms with E-state index >= 15 is 0 Å². The molecule has 10 heteroatoms. The molecule has 0 bridgehead atoms. The Labute approximate surface area is 218 Å². The summed E-state index contributed by atoms with van der Waals surface area (Å²) < 4.78 is 42.4. The van der Waals surface area contributed by atoms with Crippen molar-refractivity contribution in [1.29, 1.82) is 0 Å². The number of esters is 2. The molecule has 2 unspecified atom stereocenters. The van der Waals surface area contributed by atoms with E-state index in [1.807, 2.05) is 13.8 Å². The predicted octanol–water partition coefficient (Wildman–Crippen LogP) is 1.23. The fourth-order valence-electron chi connectivity index (χ4n) is 2.86. The normalized spacial score (nSPS) is 15.4. The quantitative estimate of drug-likeness (QED) is 0.0686. The van der Waals surface area contributed by atoms with Gasteiger partial charge < -0.3 is 14.0 Å². The standard InChI is InChI=1S/C20H37IO7S.Na/c1-5-9-11-16(7-3)13-27-18(22)20(21,15-29(24,25)26)19(23)28-14-17(8-4)12-10-6-2;/h16-17H,5-15H2,1-4H3,(H,24,25,26);/q;+1/p-1. The summed E-state index contributed by atoms with van der Waals surface area (Å²) in [6, 6.07) is 0. The number of alkyl halides is 1. The van der Waals surface area contributed by atoms with Crippen LogP contribution in [0.5, 0.6) is 0 Å². The van der Waals surface area contributed by atoms with E-state index in [2.05, 4.69) is 13.8 Å². The number of ether oxygens (including phenoxy) is 2. The molecule has 0 saturated heterocycles. The number of rotatable bonds is 16. The first kappa shape index (κ1) is 32.8. The van der Waals surface area contributed by atoms with Crippen LogP contribution in [0.1, 0.15) is 79.1 Å². The Kier molecular flexibility index (Phi) is 18.7. The van der Waals surface area contributed by atoms with E-state index in [1.165, 1.54) is 22.6 Å². The summed E-state index contributed by atoms with van der Waals surface area (Å²) in [6.07, 6.45) is 7.32. The zero-order valence-corrected chi connectivity index (χ0v) is 24.1. The van der Waals surface area contributed by atoms with Crippen molar-refractivity contribution >= 4 is 44.6 Å². The van der Waals surface area contributed by atoms with Gasteiger partial charge in [-0.25, -0.2) is 18.0 Å². The van der Waals surface area contributed by atoms with Crippen molar-refractivity contribution in [3.05, 3.63) is 0 Å². The van der Waals surface area contributed by atoms with Gasteiger partial charge >= 0.3 is 41.5 Å². The van der Waals surface area contributed by atoms with E-state index in [0.29, 0.717) is 0 Å². The zero-order valence-electron chi connectivity index (χ0n) is 19.1. The molecule has 0 aliphatic carbocycles. The van der Waals surface area contributed by atoms with E-state index in [9.17, 15) is 22.6 Å². The molecule has 30 heavy (non-hydrogen) atoms. The number of hydrogen-bond acceptors (Lipinski definition) is 7. The number of carbonyl (C=O) groups is 2. The zero-order chi connectivity index (χ0) is 22.5. The van der Waals surface area contributed by atoms with Crippen LogP contribution in [-0.4, -0.2) is 47.3 Å². The number of hydrogen-bond donors (Lipinski definition) is 0. The van der Waals surface area contributed by atoms with Crippen molar-refractivity contribution in [2.45, 2.75) is 82.5 Å².